The van der Waals surface area contributed by atoms with E-state index in [1.807, 2.05) is 0 Å². The average Bonchev–Trinajstić information content (AvgIpc) is 2.37. The summed E-state index contributed by atoms with van der Waals surface area (Å²) in [5, 5.41) is 1.26. The molecule has 0 radical (unpaired) electrons. The number of carbonyl (C=O) groups is 1. The first-order chi connectivity index (χ1) is 9.47. The van der Waals surface area contributed by atoms with Crippen LogP contribution in [0.2, 0.25) is 15.2 Å². The topological polar surface area (TPSA) is 33.2 Å². The van der Waals surface area contributed by atoms with Crippen molar-refractivity contribution in [1.82, 2.24) is 9.88 Å². The maximum atomic E-state index is 12.3. The summed E-state index contributed by atoms with van der Waals surface area (Å²) in [5.41, 5.74) is 1.21. The van der Waals surface area contributed by atoms with Gasteiger partial charge < -0.3 is 4.90 Å². The minimum absolute atomic E-state index is 0.188. The van der Waals surface area contributed by atoms with Crippen LogP contribution in [0.5, 0.6) is 0 Å². The number of pyridine rings is 1. The van der Waals surface area contributed by atoms with Crippen LogP contribution in [0.3, 0.4) is 0 Å². The number of aromatic nitrogens is 1. The molecule has 0 spiro atoms. The Kier molecular flexibility index (Phi) is 4.86. The zero-order valence-electron chi connectivity index (χ0n) is 10.6. The molecule has 0 bridgehead atoms. The summed E-state index contributed by atoms with van der Waals surface area (Å²) in [5.74, 6) is -0.209. The van der Waals surface area contributed by atoms with E-state index >= 15 is 0 Å². The zero-order valence-corrected chi connectivity index (χ0v) is 12.9. The van der Waals surface area contributed by atoms with Gasteiger partial charge in [0.25, 0.3) is 5.91 Å². The van der Waals surface area contributed by atoms with E-state index in [0.29, 0.717) is 22.2 Å². The maximum absolute atomic E-state index is 12.3. The van der Waals surface area contributed by atoms with E-state index in [1.165, 1.54) is 11.1 Å². The van der Waals surface area contributed by atoms with E-state index in [1.54, 1.807) is 37.4 Å². The third-order valence-electron chi connectivity index (χ3n) is 2.68. The van der Waals surface area contributed by atoms with E-state index in [0.717, 1.165) is 5.56 Å². The Morgan fingerprint density at radius 2 is 1.85 bits per heavy atom. The van der Waals surface area contributed by atoms with Gasteiger partial charge >= 0.3 is 0 Å². The highest BCUT2D eigenvalue weighted by molar-refractivity contribution is 6.34. The molecule has 0 N–H and O–H groups in total. The van der Waals surface area contributed by atoms with Crippen molar-refractivity contribution in [3.63, 3.8) is 0 Å². The summed E-state index contributed by atoms with van der Waals surface area (Å²) < 4.78 is 0. The Labute approximate surface area is 132 Å². The smallest absolute Gasteiger partial charge is 0.257 e. The van der Waals surface area contributed by atoms with Crippen LogP contribution >= 0.6 is 34.8 Å². The lowest BCUT2D eigenvalue weighted by Crippen LogP contribution is -2.26. The van der Waals surface area contributed by atoms with Gasteiger partial charge in [-0.1, -0.05) is 34.8 Å². The molecule has 6 heteroatoms. The summed E-state index contributed by atoms with van der Waals surface area (Å²) in [6.45, 7) is 0.379. The molecule has 1 aromatic carbocycles. The van der Waals surface area contributed by atoms with Crippen molar-refractivity contribution in [3.05, 3.63) is 62.9 Å². The fourth-order valence-electron chi connectivity index (χ4n) is 1.80. The van der Waals surface area contributed by atoms with E-state index in [-0.39, 0.29) is 11.1 Å². The van der Waals surface area contributed by atoms with Crippen LogP contribution in [-0.4, -0.2) is 22.8 Å². The Bertz CT molecular complexity index is 626. The van der Waals surface area contributed by atoms with Crippen molar-refractivity contribution in [1.29, 1.82) is 0 Å². The van der Waals surface area contributed by atoms with Crippen LogP contribution in [0.15, 0.2) is 36.5 Å². The van der Waals surface area contributed by atoms with E-state index in [9.17, 15) is 4.79 Å². The summed E-state index contributed by atoms with van der Waals surface area (Å²) in [6.07, 6.45) is 1.54. The fraction of sp³-hybridized carbons (Fsp3) is 0.143. The molecule has 0 fully saturated rings. The highest BCUT2D eigenvalue weighted by Gasteiger charge is 2.16. The molecule has 0 unspecified atom stereocenters. The predicted octanol–water partition coefficient (Wildman–Crippen LogP) is 4.31. The van der Waals surface area contributed by atoms with E-state index in [2.05, 4.69) is 4.98 Å². The summed E-state index contributed by atoms with van der Waals surface area (Å²) in [4.78, 5) is 17.7. The molecule has 0 aliphatic heterocycles. The molecule has 2 rings (SSSR count). The molecule has 104 valence electrons. The second-order valence-corrected chi connectivity index (χ2v) is 5.51. The largest absolute Gasteiger partial charge is 0.337 e. The van der Waals surface area contributed by atoms with Gasteiger partial charge in [0.1, 0.15) is 5.15 Å². The molecule has 0 aliphatic rings. The van der Waals surface area contributed by atoms with Gasteiger partial charge in [0.05, 0.1) is 5.56 Å². The predicted molar refractivity (Wildman–Crippen MR) is 81.5 cm³/mol. The highest BCUT2D eigenvalue weighted by Crippen LogP contribution is 2.21. The summed E-state index contributed by atoms with van der Waals surface area (Å²) >= 11 is 17.8. The minimum Gasteiger partial charge on any atom is -0.337 e. The Balaban J connectivity index is 2.18. The quantitative estimate of drug-likeness (QED) is 0.786. The molecule has 1 amide bonds. The minimum atomic E-state index is -0.209. The van der Waals surface area contributed by atoms with Crippen molar-refractivity contribution in [2.45, 2.75) is 6.54 Å². The fourth-order valence-corrected chi connectivity index (χ4v) is 2.57. The van der Waals surface area contributed by atoms with Gasteiger partial charge in [0, 0.05) is 29.8 Å². The van der Waals surface area contributed by atoms with Gasteiger partial charge in [-0.3, -0.25) is 4.79 Å². The molecule has 20 heavy (non-hydrogen) atoms. The Morgan fingerprint density at radius 3 is 2.45 bits per heavy atom. The lowest BCUT2D eigenvalue weighted by molar-refractivity contribution is 0.0785. The molecule has 0 aliphatic carbocycles. The Hall–Kier alpha value is -1.29. The SMILES string of the molecule is CN(Cc1cc(Cl)cc(Cl)c1)C(=O)c1cccnc1Cl. The van der Waals surface area contributed by atoms with Crippen LogP contribution in [0.1, 0.15) is 15.9 Å². The molecule has 0 saturated heterocycles. The maximum Gasteiger partial charge on any atom is 0.257 e. The molecule has 0 atom stereocenters. The van der Waals surface area contributed by atoms with Gasteiger partial charge in [0.2, 0.25) is 0 Å². The first kappa shape index (κ1) is 15.1. The van der Waals surface area contributed by atoms with Crippen LogP contribution < -0.4 is 0 Å². The van der Waals surface area contributed by atoms with Crippen molar-refractivity contribution >= 4 is 40.7 Å². The number of rotatable bonds is 3. The second kappa shape index (κ2) is 6.44. The van der Waals surface area contributed by atoms with Gasteiger partial charge in [0.15, 0.2) is 0 Å². The highest BCUT2D eigenvalue weighted by atomic mass is 35.5. The van der Waals surface area contributed by atoms with Gasteiger partial charge in [-0.2, -0.15) is 0 Å². The standard InChI is InChI=1S/C14H11Cl3N2O/c1-19(8-9-5-10(15)7-11(16)6-9)14(20)12-3-2-4-18-13(12)17/h2-7H,8H2,1H3. The lowest BCUT2D eigenvalue weighted by atomic mass is 10.2. The van der Waals surface area contributed by atoms with Gasteiger partial charge in [-0.25, -0.2) is 4.98 Å². The monoisotopic (exact) mass is 328 g/mol. The van der Waals surface area contributed by atoms with Gasteiger partial charge in [-0.15, -0.1) is 0 Å². The molecule has 1 heterocycles. The van der Waals surface area contributed by atoms with Crippen LogP contribution in [0.25, 0.3) is 0 Å². The molecule has 1 aromatic heterocycles. The third-order valence-corrected chi connectivity index (χ3v) is 3.42. The van der Waals surface area contributed by atoms with Gasteiger partial charge in [-0.05, 0) is 35.9 Å². The summed E-state index contributed by atoms with van der Waals surface area (Å²) in [7, 11) is 1.68. The zero-order chi connectivity index (χ0) is 14.7. The number of carbonyl (C=O) groups excluding carboxylic acids is 1. The Morgan fingerprint density at radius 1 is 1.20 bits per heavy atom. The van der Waals surface area contributed by atoms with E-state index in [4.69, 9.17) is 34.8 Å². The van der Waals surface area contributed by atoms with E-state index < -0.39 is 0 Å². The molecule has 0 saturated carbocycles. The molecule has 2 aromatic rings. The van der Waals surface area contributed by atoms with Crippen molar-refractivity contribution in [3.8, 4) is 0 Å². The normalized spacial score (nSPS) is 10.4. The molecular formula is C14H11Cl3N2O. The lowest BCUT2D eigenvalue weighted by Gasteiger charge is -2.18. The number of hydrogen-bond donors (Lipinski definition) is 0. The average molecular weight is 330 g/mol. The first-order valence-electron chi connectivity index (χ1n) is 5.78. The second-order valence-electron chi connectivity index (χ2n) is 4.28. The van der Waals surface area contributed by atoms with Crippen molar-refractivity contribution in [2.75, 3.05) is 7.05 Å². The number of benzene rings is 1. The third kappa shape index (κ3) is 3.63. The van der Waals surface area contributed by atoms with Crippen molar-refractivity contribution < 1.29 is 4.79 Å². The number of amides is 1. The van der Waals surface area contributed by atoms with Crippen LogP contribution in [0, 0.1) is 0 Å². The van der Waals surface area contributed by atoms with Crippen LogP contribution in [0.4, 0.5) is 0 Å². The first-order valence-corrected chi connectivity index (χ1v) is 6.91. The molecule has 3 nitrogen and oxygen atoms in total. The summed E-state index contributed by atoms with van der Waals surface area (Å²) in [6, 6.07) is 8.48. The number of halogens is 3. The number of hydrogen-bond acceptors (Lipinski definition) is 2. The van der Waals surface area contributed by atoms with Crippen molar-refractivity contribution in [2.24, 2.45) is 0 Å². The number of nitrogens with zero attached hydrogens (tertiary/aromatic N) is 2. The molecular weight excluding hydrogens is 319 g/mol. The van der Waals surface area contributed by atoms with Crippen LogP contribution in [-0.2, 0) is 6.54 Å².